The van der Waals surface area contributed by atoms with Crippen molar-refractivity contribution in [3.05, 3.63) is 64.2 Å². The number of nitrogens with two attached hydrogens (primary N) is 1. The summed E-state index contributed by atoms with van der Waals surface area (Å²) in [6, 6.07) is 10.7. The number of aromatic carboxylic acids is 1. The molecule has 0 bridgehead atoms. The number of hydrogen-bond acceptors (Lipinski definition) is 3. The first-order valence-corrected chi connectivity index (χ1v) is 5.81. The quantitative estimate of drug-likeness (QED) is 0.667. The van der Waals surface area contributed by atoms with Gasteiger partial charge in [0, 0.05) is 11.1 Å². The zero-order valence-electron chi connectivity index (χ0n) is 9.76. The van der Waals surface area contributed by atoms with Gasteiger partial charge in [0.15, 0.2) is 5.78 Å². The first-order chi connectivity index (χ1) is 9.02. The molecule has 0 fully saturated rings. The largest absolute Gasteiger partial charge is 0.478 e. The highest BCUT2D eigenvalue weighted by Gasteiger charge is 2.19. The predicted octanol–water partition coefficient (Wildman–Crippen LogP) is 2.85. The van der Waals surface area contributed by atoms with E-state index in [1.54, 1.807) is 24.3 Å². The van der Waals surface area contributed by atoms with Crippen molar-refractivity contribution in [2.45, 2.75) is 0 Å². The summed E-state index contributed by atoms with van der Waals surface area (Å²) in [6.07, 6.45) is 0. The van der Waals surface area contributed by atoms with E-state index in [-0.39, 0.29) is 27.4 Å². The van der Waals surface area contributed by atoms with Crippen molar-refractivity contribution in [2.75, 3.05) is 5.73 Å². The van der Waals surface area contributed by atoms with Crippen molar-refractivity contribution in [3.63, 3.8) is 0 Å². The first-order valence-electron chi connectivity index (χ1n) is 5.43. The normalized spacial score (nSPS) is 10.2. The van der Waals surface area contributed by atoms with Crippen molar-refractivity contribution in [2.24, 2.45) is 0 Å². The molecular weight excluding hydrogens is 266 g/mol. The Kier molecular flexibility index (Phi) is 3.53. The van der Waals surface area contributed by atoms with Gasteiger partial charge in [0.2, 0.25) is 0 Å². The molecule has 0 heterocycles. The summed E-state index contributed by atoms with van der Waals surface area (Å²) < 4.78 is 0. The van der Waals surface area contributed by atoms with Crippen molar-refractivity contribution in [3.8, 4) is 0 Å². The number of carbonyl (C=O) groups excluding carboxylic acids is 1. The molecule has 2 aromatic rings. The summed E-state index contributed by atoms with van der Waals surface area (Å²) in [5, 5.41) is 9.21. The van der Waals surface area contributed by atoms with Crippen molar-refractivity contribution in [1.82, 2.24) is 0 Å². The summed E-state index contributed by atoms with van der Waals surface area (Å²) in [7, 11) is 0. The maximum atomic E-state index is 12.3. The van der Waals surface area contributed by atoms with E-state index in [9.17, 15) is 9.59 Å². The van der Waals surface area contributed by atoms with E-state index in [0.717, 1.165) is 0 Å². The van der Waals surface area contributed by atoms with Crippen LogP contribution in [0.2, 0.25) is 5.02 Å². The topological polar surface area (TPSA) is 80.4 Å². The Bertz CT molecular complexity index is 667. The Labute approximate surface area is 114 Å². The Balaban J connectivity index is 2.57. The fourth-order valence-electron chi connectivity index (χ4n) is 1.74. The molecular formula is C14H10ClNO3. The molecule has 19 heavy (non-hydrogen) atoms. The van der Waals surface area contributed by atoms with Gasteiger partial charge in [-0.05, 0) is 18.2 Å². The monoisotopic (exact) mass is 275 g/mol. The van der Waals surface area contributed by atoms with Gasteiger partial charge in [0.1, 0.15) is 0 Å². The number of anilines is 1. The van der Waals surface area contributed by atoms with Crippen LogP contribution in [0.5, 0.6) is 0 Å². The van der Waals surface area contributed by atoms with Crippen molar-refractivity contribution >= 4 is 29.0 Å². The number of carbonyl (C=O) groups is 2. The van der Waals surface area contributed by atoms with Gasteiger partial charge in [0.25, 0.3) is 0 Å². The van der Waals surface area contributed by atoms with Crippen LogP contribution in [0.3, 0.4) is 0 Å². The number of ketones is 1. The van der Waals surface area contributed by atoms with E-state index < -0.39 is 11.8 Å². The van der Waals surface area contributed by atoms with Gasteiger partial charge >= 0.3 is 5.97 Å². The average molecular weight is 276 g/mol. The molecule has 0 saturated carbocycles. The molecule has 0 saturated heterocycles. The fourth-order valence-corrected chi connectivity index (χ4v) is 1.95. The van der Waals surface area contributed by atoms with Gasteiger partial charge in [-0.3, -0.25) is 4.79 Å². The van der Waals surface area contributed by atoms with Crippen LogP contribution < -0.4 is 5.73 Å². The highest BCUT2D eigenvalue weighted by molar-refractivity contribution is 6.37. The van der Waals surface area contributed by atoms with Crippen LogP contribution in [0, 0.1) is 0 Å². The fraction of sp³-hybridized carbons (Fsp3) is 0. The minimum Gasteiger partial charge on any atom is -0.478 e. The maximum Gasteiger partial charge on any atom is 0.336 e. The van der Waals surface area contributed by atoms with E-state index in [1.165, 1.54) is 18.2 Å². The molecule has 5 heteroatoms. The summed E-state index contributed by atoms with van der Waals surface area (Å²) in [5.74, 6) is -1.63. The molecule has 96 valence electrons. The van der Waals surface area contributed by atoms with Crippen LogP contribution in [0.25, 0.3) is 0 Å². The summed E-state index contributed by atoms with van der Waals surface area (Å²) >= 11 is 5.98. The molecule has 0 aliphatic heterocycles. The Morgan fingerprint density at radius 3 is 2.16 bits per heavy atom. The number of carboxylic acid groups (broad SMARTS) is 1. The third-order valence-corrected chi connectivity index (χ3v) is 3.10. The van der Waals surface area contributed by atoms with Crippen LogP contribution in [0.4, 0.5) is 5.69 Å². The van der Waals surface area contributed by atoms with E-state index in [2.05, 4.69) is 0 Å². The molecule has 2 rings (SSSR count). The number of carboxylic acids is 1. The van der Waals surface area contributed by atoms with Gasteiger partial charge in [-0.25, -0.2) is 4.79 Å². The molecule has 0 unspecified atom stereocenters. The zero-order chi connectivity index (χ0) is 14.0. The molecule has 4 nitrogen and oxygen atoms in total. The average Bonchev–Trinajstić information content (AvgIpc) is 2.41. The molecule has 0 amide bonds. The number of halogens is 1. The molecule has 0 atom stereocenters. The SMILES string of the molecule is Nc1cccc(C(=O)c2ccccc2C(=O)O)c1Cl. The van der Waals surface area contributed by atoms with Gasteiger partial charge in [-0.15, -0.1) is 0 Å². The lowest BCUT2D eigenvalue weighted by Gasteiger charge is -2.08. The summed E-state index contributed by atoms with van der Waals surface area (Å²) in [6.45, 7) is 0. The minimum absolute atomic E-state index is 0.0639. The Hall–Kier alpha value is -2.33. The Morgan fingerprint density at radius 2 is 1.53 bits per heavy atom. The first kappa shape index (κ1) is 13.1. The molecule has 0 spiro atoms. The summed E-state index contributed by atoms with van der Waals surface area (Å²) in [4.78, 5) is 23.4. The standard InChI is InChI=1S/C14H10ClNO3/c15-12-10(6-3-7-11(12)16)13(17)8-4-1-2-5-9(8)14(18)19/h1-7H,16H2,(H,18,19). The van der Waals surface area contributed by atoms with Gasteiger partial charge in [-0.1, -0.05) is 35.9 Å². The second-order valence-corrected chi connectivity index (χ2v) is 4.27. The van der Waals surface area contributed by atoms with Gasteiger partial charge in [0.05, 0.1) is 16.3 Å². The van der Waals surface area contributed by atoms with Crippen LogP contribution in [0.15, 0.2) is 42.5 Å². The van der Waals surface area contributed by atoms with Gasteiger partial charge in [-0.2, -0.15) is 0 Å². The van der Waals surface area contributed by atoms with Crippen molar-refractivity contribution in [1.29, 1.82) is 0 Å². The van der Waals surface area contributed by atoms with E-state index >= 15 is 0 Å². The van der Waals surface area contributed by atoms with E-state index in [1.807, 2.05) is 0 Å². The molecule has 0 aliphatic carbocycles. The van der Waals surface area contributed by atoms with E-state index in [4.69, 9.17) is 22.4 Å². The second-order valence-electron chi connectivity index (χ2n) is 3.89. The molecule has 0 aliphatic rings. The zero-order valence-corrected chi connectivity index (χ0v) is 10.5. The summed E-state index contributed by atoms with van der Waals surface area (Å²) in [5.41, 5.74) is 6.12. The lowest BCUT2D eigenvalue weighted by Crippen LogP contribution is -2.10. The highest BCUT2D eigenvalue weighted by Crippen LogP contribution is 2.26. The lowest BCUT2D eigenvalue weighted by molar-refractivity contribution is 0.0693. The lowest BCUT2D eigenvalue weighted by atomic mass is 9.98. The van der Waals surface area contributed by atoms with Crippen LogP contribution in [0.1, 0.15) is 26.3 Å². The third kappa shape index (κ3) is 2.44. The molecule has 3 N–H and O–H groups in total. The van der Waals surface area contributed by atoms with Gasteiger partial charge < -0.3 is 10.8 Å². The molecule has 2 aromatic carbocycles. The third-order valence-electron chi connectivity index (χ3n) is 2.68. The number of hydrogen-bond donors (Lipinski definition) is 2. The Morgan fingerprint density at radius 1 is 0.947 bits per heavy atom. The van der Waals surface area contributed by atoms with E-state index in [0.29, 0.717) is 0 Å². The molecule has 0 radical (unpaired) electrons. The maximum absolute atomic E-state index is 12.3. The van der Waals surface area contributed by atoms with Crippen LogP contribution >= 0.6 is 11.6 Å². The smallest absolute Gasteiger partial charge is 0.336 e. The van der Waals surface area contributed by atoms with Crippen LogP contribution in [-0.4, -0.2) is 16.9 Å². The minimum atomic E-state index is -1.16. The highest BCUT2D eigenvalue weighted by atomic mass is 35.5. The predicted molar refractivity (Wildman–Crippen MR) is 72.7 cm³/mol. The number of benzene rings is 2. The van der Waals surface area contributed by atoms with Crippen LogP contribution in [-0.2, 0) is 0 Å². The number of nitrogen functional groups attached to an aromatic ring is 1. The number of rotatable bonds is 3. The molecule has 0 aromatic heterocycles. The van der Waals surface area contributed by atoms with Crippen molar-refractivity contribution < 1.29 is 14.7 Å². The second kappa shape index (κ2) is 5.12.